The van der Waals surface area contributed by atoms with Gasteiger partial charge in [-0.1, -0.05) is 31.4 Å². The Kier molecular flexibility index (Phi) is 16.7. The van der Waals surface area contributed by atoms with E-state index < -0.39 is 0 Å². The lowest BCUT2D eigenvalue weighted by Crippen LogP contribution is -2.20. The van der Waals surface area contributed by atoms with Crippen molar-refractivity contribution >= 4 is 28.5 Å². The number of rotatable bonds is 8. The molecule has 1 aromatic carbocycles. The minimum Gasteiger partial charge on any atom is -0.480 e. The molecule has 27 heavy (non-hydrogen) atoms. The number of unbranched alkanes of at least 4 members (excludes halogenated alkanes) is 2. The number of halogens is 1. The molecule has 0 radical (unpaired) electrons. The van der Waals surface area contributed by atoms with Crippen molar-refractivity contribution in [1.82, 2.24) is 4.98 Å². The quantitative estimate of drug-likeness (QED) is 0.475. The van der Waals surface area contributed by atoms with Gasteiger partial charge in [0.1, 0.15) is 11.3 Å². The Balaban J connectivity index is -0.00000144. The molecule has 2 rings (SSSR count). The number of fused-ring (bicyclic) bond motifs is 1. The molecule has 0 aliphatic heterocycles. The SMILES string of the molecule is CCCCCC(C)OC(=O)COc1ccc(Cl)c2cccnc12.O.O.O.O. The molecule has 1 aromatic heterocycles. The zero-order valence-electron chi connectivity index (χ0n) is 15.5. The van der Waals surface area contributed by atoms with E-state index >= 15 is 0 Å². The third kappa shape index (κ3) is 8.98. The molecule has 156 valence electrons. The number of carbonyl (C=O) groups excluding carboxylic acids is 1. The number of pyridine rings is 1. The minimum absolute atomic E-state index is 0. The van der Waals surface area contributed by atoms with Crippen LogP contribution in [0.4, 0.5) is 0 Å². The molecule has 0 saturated carbocycles. The molecule has 1 atom stereocenters. The van der Waals surface area contributed by atoms with Gasteiger partial charge in [-0.3, -0.25) is 4.98 Å². The average molecular weight is 408 g/mol. The predicted molar refractivity (Wildman–Crippen MR) is 106 cm³/mol. The van der Waals surface area contributed by atoms with Gasteiger partial charge in [-0.15, -0.1) is 0 Å². The number of carbonyl (C=O) groups is 1. The second-order valence-corrected chi connectivity index (χ2v) is 5.94. The normalized spacial score (nSPS) is 10.3. The average Bonchev–Trinajstić information content (AvgIpc) is 2.55. The monoisotopic (exact) mass is 407 g/mol. The Morgan fingerprint density at radius 2 is 1.85 bits per heavy atom. The molecule has 1 unspecified atom stereocenters. The molecule has 1 heterocycles. The molecule has 0 bridgehead atoms. The number of hydrogen-bond donors (Lipinski definition) is 0. The highest BCUT2D eigenvalue weighted by molar-refractivity contribution is 6.35. The van der Waals surface area contributed by atoms with Crippen molar-refractivity contribution in [3.8, 4) is 5.75 Å². The van der Waals surface area contributed by atoms with E-state index in [-0.39, 0.29) is 40.6 Å². The van der Waals surface area contributed by atoms with Crippen molar-refractivity contribution < 1.29 is 36.2 Å². The molecule has 9 heteroatoms. The van der Waals surface area contributed by atoms with Gasteiger partial charge in [-0.25, -0.2) is 4.79 Å². The second-order valence-electron chi connectivity index (χ2n) is 5.53. The summed E-state index contributed by atoms with van der Waals surface area (Å²) in [6.07, 6.45) is 5.83. The van der Waals surface area contributed by atoms with Crippen molar-refractivity contribution in [3.63, 3.8) is 0 Å². The molecule has 2 aromatic rings. The number of aromatic nitrogens is 1. The van der Waals surface area contributed by atoms with E-state index in [0.29, 0.717) is 16.3 Å². The number of esters is 1. The summed E-state index contributed by atoms with van der Waals surface area (Å²) in [5.41, 5.74) is 0.642. The molecule has 8 nitrogen and oxygen atoms in total. The van der Waals surface area contributed by atoms with E-state index in [0.717, 1.165) is 31.1 Å². The van der Waals surface area contributed by atoms with Crippen molar-refractivity contribution in [2.24, 2.45) is 0 Å². The van der Waals surface area contributed by atoms with Crippen LogP contribution in [-0.4, -0.2) is 45.6 Å². The summed E-state index contributed by atoms with van der Waals surface area (Å²) in [4.78, 5) is 16.1. The summed E-state index contributed by atoms with van der Waals surface area (Å²) < 4.78 is 10.9. The van der Waals surface area contributed by atoms with E-state index in [4.69, 9.17) is 21.1 Å². The maximum atomic E-state index is 11.9. The zero-order chi connectivity index (χ0) is 16.7. The first-order valence-electron chi connectivity index (χ1n) is 7.97. The third-order valence-electron chi connectivity index (χ3n) is 3.57. The van der Waals surface area contributed by atoms with Gasteiger partial charge < -0.3 is 31.4 Å². The lowest BCUT2D eigenvalue weighted by molar-refractivity contribution is -0.150. The molecule has 0 spiro atoms. The van der Waals surface area contributed by atoms with Crippen molar-refractivity contribution in [1.29, 1.82) is 0 Å². The first-order chi connectivity index (χ1) is 11.1. The Labute approximate surface area is 163 Å². The van der Waals surface area contributed by atoms with Gasteiger partial charge in [0.25, 0.3) is 0 Å². The number of nitrogens with zero attached hydrogens (tertiary/aromatic N) is 1. The number of ether oxygens (including phenoxy) is 2. The van der Waals surface area contributed by atoms with Crippen LogP contribution in [-0.2, 0) is 9.53 Å². The van der Waals surface area contributed by atoms with Crippen molar-refractivity contribution in [2.45, 2.75) is 45.6 Å². The smallest absolute Gasteiger partial charge is 0.344 e. The summed E-state index contributed by atoms with van der Waals surface area (Å²) in [5.74, 6) is 0.161. The van der Waals surface area contributed by atoms with Crippen molar-refractivity contribution in [3.05, 3.63) is 35.5 Å². The van der Waals surface area contributed by atoms with Crippen LogP contribution in [0.1, 0.15) is 39.5 Å². The first kappa shape index (κ1) is 29.8. The molecule has 0 fully saturated rings. The highest BCUT2D eigenvalue weighted by Crippen LogP contribution is 2.29. The predicted octanol–water partition coefficient (Wildman–Crippen LogP) is 1.48. The Hall–Kier alpha value is -1.97. The largest absolute Gasteiger partial charge is 0.480 e. The fourth-order valence-electron chi connectivity index (χ4n) is 2.36. The molecular weight excluding hydrogens is 378 g/mol. The Morgan fingerprint density at radius 1 is 1.15 bits per heavy atom. The van der Waals surface area contributed by atoms with Crippen LogP contribution >= 0.6 is 11.6 Å². The maximum Gasteiger partial charge on any atom is 0.344 e. The van der Waals surface area contributed by atoms with Gasteiger partial charge in [0.15, 0.2) is 6.61 Å². The van der Waals surface area contributed by atoms with Crippen LogP contribution in [0.25, 0.3) is 10.9 Å². The van der Waals surface area contributed by atoms with Gasteiger partial charge in [0.05, 0.1) is 11.1 Å². The fraction of sp³-hybridized carbons (Fsp3) is 0.444. The zero-order valence-corrected chi connectivity index (χ0v) is 16.3. The fourth-order valence-corrected chi connectivity index (χ4v) is 2.58. The van der Waals surface area contributed by atoms with Crippen LogP contribution in [0.15, 0.2) is 30.5 Å². The van der Waals surface area contributed by atoms with Crippen molar-refractivity contribution in [2.75, 3.05) is 6.61 Å². The van der Waals surface area contributed by atoms with Crippen LogP contribution < -0.4 is 4.74 Å². The van der Waals surface area contributed by atoms with Gasteiger partial charge >= 0.3 is 5.97 Å². The second kappa shape index (κ2) is 15.1. The van der Waals surface area contributed by atoms with Crippen LogP contribution in [0.5, 0.6) is 5.75 Å². The van der Waals surface area contributed by atoms with E-state index in [9.17, 15) is 4.79 Å². The highest BCUT2D eigenvalue weighted by Gasteiger charge is 2.12. The maximum absolute atomic E-state index is 11.9. The third-order valence-corrected chi connectivity index (χ3v) is 3.90. The lowest BCUT2D eigenvalue weighted by Gasteiger charge is -2.14. The first-order valence-corrected chi connectivity index (χ1v) is 8.35. The summed E-state index contributed by atoms with van der Waals surface area (Å²) in [6, 6.07) is 7.13. The molecular formula is C18H30ClNO7. The van der Waals surface area contributed by atoms with Crippen LogP contribution in [0, 0.1) is 0 Å². The molecule has 8 N–H and O–H groups in total. The van der Waals surface area contributed by atoms with E-state index in [1.54, 1.807) is 18.3 Å². The summed E-state index contributed by atoms with van der Waals surface area (Å²) in [7, 11) is 0. The molecule has 0 saturated heterocycles. The summed E-state index contributed by atoms with van der Waals surface area (Å²) >= 11 is 6.13. The molecule has 0 aliphatic carbocycles. The summed E-state index contributed by atoms with van der Waals surface area (Å²) in [6.45, 7) is 3.92. The summed E-state index contributed by atoms with van der Waals surface area (Å²) in [5, 5.41) is 1.40. The Morgan fingerprint density at radius 3 is 2.52 bits per heavy atom. The minimum atomic E-state index is -0.368. The van der Waals surface area contributed by atoms with Gasteiger partial charge in [0.2, 0.25) is 0 Å². The standard InChI is InChI=1S/C18H22ClNO3.4H2O/c1-3-4-5-7-13(2)23-17(21)12-22-16-10-9-15(19)14-8-6-11-20-18(14)16;;;;/h6,8-11,13H,3-5,7,12H2,1-2H3;4*1H2. The van der Waals surface area contributed by atoms with Gasteiger partial charge in [0, 0.05) is 11.6 Å². The van der Waals surface area contributed by atoms with Crippen LogP contribution in [0.2, 0.25) is 5.02 Å². The molecule has 0 amide bonds. The van der Waals surface area contributed by atoms with Gasteiger partial charge in [-0.2, -0.15) is 0 Å². The topological polar surface area (TPSA) is 174 Å². The van der Waals surface area contributed by atoms with E-state index in [1.807, 2.05) is 19.1 Å². The van der Waals surface area contributed by atoms with Crippen LogP contribution in [0.3, 0.4) is 0 Å². The van der Waals surface area contributed by atoms with E-state index in [2.05, 4.69) is 11.9 Å². The number of benzene rings is 1. The number of hydrogen-bond acceptors (Lipinski definition) is 4. The Bertz CT molecular complexity index is 669. The molecule has 0 aliphatic rings. The van der Waals surface area contributed by atoms with Gasteiger partial charge in [-0.05, 0) is 44.0 Å². The lowest BCUT2D eigenvalue weighted by atomic mass is 10.1. The highest BCUT2D eigenvalue weighted by atomic mass is 35.5. The van der Waals surface area contributed by atoms with E-state index in [1.165, 1.54) is 0 Å².